The van der Waals surface area contributed by atoms with Crippen molar-refractivity contribution in [2.75, 3.05) is 33.3 Å². The van der Waals surface area contributed by atoms with Gasteiger partial charge in [-0.25, -0.2) is 0 Å². The topological polar surface area (TPSA) is 35.5 Å². The molecule has 0 aliphatic rings. The van der Waals surface area contributed by atoms with Crippen LogP contribution in [0.5, 0.6) is 0 Å². The van der Waals surface area contributed by atoms with Crippen LogP contribution in [0.4, 0.5) is 0 Å². The number of halogens is 1. The highest BCUT2D eigenvalue weighted by molar-refractivity contribution is 6.30. The smallest absolute Gasteiger partial charge is 0.0443 e. The number of aliphatic hydroxyl groups is 1. The van der Waals surface area contributed by atoms with Crippen LogP contribution in [0.2, 0.25) is 5.02 Å². The fourth-order valence-electron chi connectivity index (χ4n) is 2.24. The van der Waals surface area contributed by atoms with E-state index in [1.54, 1.807) is 0 Å². The van der Waals surface area contributed by atoms with Gasteiger partial charge in [0.25, 0.3) is 0 Å². The van der Waals surface area contributed by atoms with Crippen molar-refractivity contribution in [3.05, 3.63) is 34.9 Å². The first kappa shape index (κ1) is 16.4. The fraction of sp³-hybridized carbons (Fsp3) is 0.600. The summed E-state index contributed by atoms with van der Waals surface area (Å²) in [7, 11) is 1.98. The van der Waals surface area contributed by atoms with Gasteiger partial charge in [-0.05, 0) is 50.7 Å². The Hall–Kier alpha value is -0.610. The molecule has 0 saturated carbocycles. The molecule has 0 spiro atoms. The summed E-state index contributed by atoms with van der Waals surface area (Å²) in [5, 5.41) is 13.0. The van der Waals surface area contributed by atoms with Gasteiger partial charge in [0.1, 0.15) is 0 Å². The third kappa shape index (κ3) is 5.91. The average molecular weight is 285 g/mol. The van der Waals surface area contributed by atoms with Crippen molar-refractivity contribution in [3.63, 3.8) is 0 Å². The van der Waals surface area contributed by atoms with Crippen molar-refractivity contribution >= 4 is 11.6 Å². The zero-order valence-corrected chi connectivity index (χ0v) is 12.7. The van der Waals surface area contributed by atoms with Crippen LogP contribution >= 0.6 is 11.6 Å². The monoisotopic (exact) mass is 284 g/mol. The third-order valence-corrected chi connectivity index (χ3v) is 3.65. The van der Waals surface area contributed by atoms with E-state index in [0.29, 0.717) is 6.04 Å². The quantitative estimate of drug-likeness (QED) is 0.732. The first-order chi connectivity index (χ1) is 9.21. The lowest BCUT2D eigenvalue weighted by Crippen LogP contribution is -2.29. The summed E-state index contributed by atoms with van der Waals surface area (Å²) in [5.74, 6) is 0. The van der Waals surface area contributed by atoms with E-state index in [1.165, 1.54) is 5.56 Å². The van der Waals surface area contributed by atoms with Crippen molar-refractivity contribution < 1.29 is 5.11 Å². The molecule has 0 aliphatic heterocycles. The van der Waals surface area contributed by atoms with Crippen LogP contribution in [0.25, 0.3) is 0 Å². The maximum Gasteiger partial charge on any atom is 0.0443 e. The van der Waals surface area contributed by atoms with E-state index in [2.05, 4.69) is 23.2 Å². The van der Waals surface area contributed by atoms with E-state index in [-0.39, 0.29) is 6.61 Å². The Balaban J connectivity index is 2.52. The number of aliphatic hydroxyl groups excluding tert-OH is 1. The minimum atomic E-state index is 0.264. The van der Waals surface area contributed by atoms with Crippen LogP contribution in [0.1, 0.15) is 31.4 Å². The Morgan fingerprint density at radius 3 is 2.74 bits per heavy atom. The zero-order chi connectivity index (χ0) is 14.1. The van der Waals surface area contributed by atoms with Crippen LogP contribution < -0.4 is 5.32 Å². The second-order valence-electron chi connectivity index (χ2n) is 4.70. The second-order valence-corrected chi connectivity index (χ2v) is 5.13. The van der Waals surface area contributed by atoms with Gasteiger partial charge in [0, 0.05) is 24.2 Å². The normalized spacial score (nSPS) is 12.9. The maximum absolute atomic E-state index is 8.89. The molecule has 0 bridgehead atoms. The Bertz CT molecular complexity index is 360. The van der Waals surface area contributed by atoms with Crippen LogP contribution in [0.3, 0.4) is 0 Å². The van der Waals surface area contributed by atoms with Crippen molar-refractivity contribution in [1.82, 2.24) is 10.2 Å². The highest BCUT2D eigenvalue weighted by Crippen LogP contribution is 2.20. The molecule has 0 aromatic heterocycles. The molecule has 3 nitrogen and oxygen atoms in total. The van der Waals surface area contributed by atoms with Crippen LogP contribution in [-0.4, -0.2) is 43.3 Å². The zero-order valence-electron chi connectivity index (χ0n) is 11.9. The number of nitrogens with zero attached hydrogens (tertiary/aromatic N) is 1. The molecular weight excluding hydrogens is 260 g/mol. The van der Waals surface area contributed by atoms with Gasteiger partial charge in [-0.3, -0.25) is 0 Å². The van der Waals surface area contributed by atoms with Gasteiger partial charge >= 0.3 is 0 Å². The summed E-state index contributed by atoms with van der Waals surface area (Å²) in [6.45, 7) is 5.42. The van der Waals surface area contributed by atoms with Crippen molar-refractivity contribution in [1.29, 1.82) is 0 Å². The average Bonchev–Trinajstić information content (AvgIpc) is 2.43. The minimum absolute atomic E-state index is 0.264. The Labute approximate surface area is 121 Å². The summed E-state index contributed by atoms with van der Waals surface area (Å²) in [4.78, 5) is 2.37. The van der Waals surface area contributed by atoms with E-state index in [1.807, 2.05) is 25.2 Å². The van der Waals surface area contributed by atoms with Gasteiger partial charge in [0.05, 0.1) is 0 Å². The molecule has 0 heterocycles. The molecule has 4 heteroatoms. The van der Waals surface area contributed by atoms with E-state index >= 15 is 0 Å². The summed E-state index contributed by atoms with van der Waals surface area (Å²) in [6, 6.07) is 8.34. The Morgan fingerprint density at radius 2 is 2.16 bits per heavy atom. The highest BCUT2D eigenvalue weighted by atomic mass is 35.5. The molecule has 1 unspecified atom stereocenters. The highest BCUT2D eigenvalue weighted by Gasteiger charge is 2.11. The molecule has 0 fully saturated rings. The van der Waals surface area contributed by atoms with E-state index in [0.717, 1.165) is 37.5 Å². The van der Waals surface area contributed by atoms with E-state index < -0.39 is 0 Å². The minimum Gasteiger partial charge on any atom is -0.396 e. The largest absolute Gasteiger partial charge is 0.396 e. The molecule has 0 aliphatic carbocycles. The molecule has 0 saturated heterocycles. The first-order valence-electron chi connectivity index (χ1n) is 6.97. The molecule has 1 atom stereocenters. The summed E-state index contributed by atoms with van der Waals surface area (Å²) in [6.07, 6.45) is 1.88. The van der Waals surface area contributed by atoms with Crippen molar-refractivity contribution in [2.24, 2.45) is 0 Å². The van der Waals surface area contributed by atoms with E-state index in [9.17, 15) is 0 Å². The molecule has 1 aromatic carbocycles. The number of rotatable bonds is 9. The predicted octanol–water partition coefficient (Wildman–Crippen LogP) is 2.69. The molecule has 2 N–H and O–H groups in total. The number of benzene rings is 1. The number of hydrogen-bond acceptors (Lipinski definition) is 3. The van der Waals surface area contributed by atoms with Gasteiger partial charge in [-0.2, -0.15) is 0 Å². The molecule has 1 rings (SSSR count). The first-order valence-corrected chi connectivity index (χ1v) is 7.35. The van der Waals surface area contributed by atoms with Gasteiger partial charge < -0.3 is 15.3 Å². The van der Waals surface area contributed by atoms with Crippen LogP contribution in [-0.2, 0) is 0 Å². The summed E-state index contributed by atoms with van der Waals surface area (Å²) in [5.41, 5.74) is 1.23. The Morgan fingerprint density at radius 1 is 1.37 bits per heavy atom. The maximum atomic E-state index is 8.89. The summed E-state index contributed by atoms with van der Waals surface area (Å²) < 4.78 is 0. The summed E-state index contributed by atoms with van der Waals surface area (Å²) >= 11 is 6.04. The van der Waals surface area contributed by atoms with Crippen molar-refractivity contribution in [3.8, 4) is 0 Å². The molecular formula is C15H25ClN2O. The number of nitrogens with one attached hydrogen (secondary N) is 1. The van der Waals surface area contributed by atoms with Gasteiger partial charge in [-0.15, -0.1) is 0 Å². The SMILES string of the molecule is CCN(CCCO)CCC(NC)c1cccc(Cl)c1. The van der Waals surface area contributed by atoms with Gasteiger partial charge in [0.15, 0.2) is 0 Å². The van der Waals surface area contributed by atoms with Gasteiger partial charge in [0.2, 0.25) is 0 Å². The Kier molecular flexibility index (Phi) is 8.07. The third-order valence-electron chi connectivity index (χ3n) is 3.41. The van der Waals surface area contributed by atoms with E-state index in [4.69, 9.17) is 16.7 Å². The lowest BCUT2D eigenvalue weighted by atomic mass is 10.0. The molecule has 108 valence electrons. The van der Waals surface area contributed by atoms with Gasteiger partial charge in [-0.1, -0.05) is 30.7 Å². The number of hydrogen-bond donors (Lipinski definition) is 2. The standard InChI is InChI=1S/C15H25ClN2O/c1-3-18(9-5-11-19)10-8-15(17-2)13-6-4-7-14(16)12-13/h4,6-7,12,15,17,19H,3,5,8-11H2,1-2H3. The molecule has 19 heavy (non-hydrogen) atoms. The molecule has 0 amide bonds. The van der Waals surface area contributed by atoms with Crippen LogP contribution in [0.15, 0.2) is 24.3 Å². The second kappa shape index (κ2) is 9.32. The fourth-order valence-corrected chi connectivity index (χ4v) is 2.43. The lowest BCUT2D eigenvalue weighted by molar-refractivity contribution is 0.223. The predicted molar refractivity (Wildman–Crippen MR) is 81.7 cm³/mol. The molecule has 0 radical (unpaired) electrons. The van der Waals surface area contributed by atoms with Crippen LogP contribution in [0, 0.1) is 0 Å². The lowest BCUT2D eigenvalue weighted by Gasteiger charge is -2.24. The molecule has 1 aromatic rings. The van der Waals surface area contributed by atoms with Crippen molar-refractivity contribution in [2.45, 2.75) is 25.8 Å².